The smallest absolute Gasteiger partial charge is 0.211 e. The lowest BCUT2D eigenvalue weighted by Gasteiger charge is -2.14. The van der Waals surface area contributed by atoms with E-state index in [1.54, 1.807) is 11.8 Å². The monoisotopic (exact) mass is 272 g/mol. The van der Waals surface area contributed by atoms with Crippen LogP contribution < -0.4 is 0 Å². The predicted octanol–water partition coefficient (Wildman–Crippen LogP) is 1.79. The van der Waals surface area contributed by atoms with Crippen LogP contribution in [0.2, 0.25) is 5.02 Å². The molecule has 1 saturated heterocycles. The first kappa shape index (κ1) is 13.5. The van der Waals surface area contributed by atoms with Crippen LogP contribution in [0.5, 0.6) is 0 Å². The molecule has 6 heteroatoms. The second kappa shape index (κ2) is 5.82. The molecule has 18 heavy (non-hydrogen) atoms. The number of methoxy groups -OCH3 is 1. The minimum Gasteiger partial charge on any atom is -0.383 e. The van der Waals surface area contributed by atoms with Gasteiger partial charge in [0.2, 0.25) is 5.78 Å². The molecule has 2 heterocycles. The Bertz CT molecular complexity index is 433. The normalized spacial score (nSPS) is 23.5. The average molecular weight is 273 g/mol. The molecule has 2 atom stereocenters. The number of ketones is 1. The van der Waals surface area contributed by atoms with Gasteiger partial charge in [0.1, 0.15) is 11.8 Å². The third kappa shape index (κ3) is 2.58. The summed E-state index contributed by atoms with van der Waals surface area (Å²) < 4.78 is 12.1. The lowest BCUT2D eigenvalue weighted by molar-refractivity contribution is 0.0566. The van der Waals surface area contributed by atoms with Crippen LogP contribution in [0.4, 0.5) is 0 Å². The second-order valence-corrected chi connectivity index (χ2v) is 4.89. The summed E-state index contributed by atoms with van der Waals surface area (Å²) in [5.41, 5.74) is 0.424. The van der Waals surface area contributed by atoms with E-state index in [2.05, 4.69) is 5.10 Å². The second-order valence-electron chi connectivity index (χ2n) is 4.48. The van der Waals surface area contributed by atoms with Gasteiger partial charge in [-0.05, 0) is 12.3 Å². The van der Waals surface area contributed by atoms with Gasteiger partial charge in [-0.3, -0.25) is 9.48 Å². The summed E-state index contributed by atoms with van der Waals surface area (Å²) in [6, 6.07) is 0. The minimum absolute atomic E-state index is 0.0846. The molecule has 0 aliphatic carbocycles. The molecule has 100 valence electrons. The van der Waals surface area contributed by atoms with Crippen LogP contribution >= 0.6 is 11.6 Å². The third-order valence-corrected chi connectivity index (χ3v) is 3.46. The highest BCUT2D eigenvalue weighted by Crippen LogP contribution is 2.26. The molecule has 0 aromatic carbocycles. The molecule has 2 unspecified atom stereocenters. The summed E-state index contributed by atoms with van der Waals surface area (Å²) in [7, 11) is 1.61. The number of nitrogens with zero attached hydrogens (tertiary/aromatic N) is 2. The van der Waals surface area contributed by atoms with E-state index >= 15 is 0 Å². The van der Waals surface area contributed by atoms with Crippen molar-refractivity contribution in [3.05, 3.63) is 16.9 Å². The molecule has 1 aromatic heterocycles. The Morgan fingerprint density at radius 1 is 1.72 bits per heavy atom. The van der Waals surface area contributed by atoms with Crippen LogP contribution in [0.3, 0.4) is 0 Å². The van der Waals surface area contributed by atoms with Gasteiger partial charge in [0.25, 0.3) is 0 Å². The summed E-state index contributed by atoms with van der Waals surface area (Å²) in [4.78, 5) is 12.4. The van der Waals surface area contributed by atoms with E-state index in [9.17, 15) is 4.79 Å². The maximum atomic E-state index is 12.4. The van der Waals surface area contributed by atoms with Crippen molar-refractivity contribution in [2.45, 2.75) is 26.0 Å². The van der Waals surface area contributed by atoms with Gasteiger partial charge in [0.15, 0.2) is 0 Å². The zero-order valence-electron chi connectivity index (χ0n) is 10.6. The fourth-order valence-corrected chi connectivity index (χ4v) is 2.35. The van der Waals surface area contributed by atoms with Crippen molar-refractivity contribution in [2.24, 2.45) is 5.92 Å². The van der Waals surface area contributed by atoms with E-state index in [4.69, 9.17) is 21.1 Å². The van der Waals surface area contributed by atoms with Crippen molar-refractivity contribution >= 4 is 17.4 Å². The molecule has 0 radical (unpaired) electrons. The van der Waals surface area contributed by atoms with Crippen molar-refractivity contribution in [1.29, 1.82) is 0 Å². The van der Waals surface area contributed by atoms with Gasteiger partial charge in [-0.25, -0.2) is 0 Å². The van der Waals surface area contributed by atoms with Crippen molar-refractivity contribution < 1.29 is 14.3 Å². The van der Waals surface area contributed by atoms with Gasteiger partial charge in [0, 0.05) is 13.7 Å². The Balaban J connectivity index is 2.20. The number of ether oxygens (including phenoxy) is 2. The molecule has 2 rings (SSSR count). The predicted molar refractivity (Wildman–Crippen MR) is 67.0 cm³/mol. The zero-order valence-corrected chi connectivity index (χ0v) is 11.3. The number of aromatic nitrogens is 2. The van der Waals surface area contributed by atoms with Crippen LogP contribution in [-0.2, 0) is 16.0 Å². The van der Waals surface area contributed by atoms with Gasteiger partial charge >= 0.3 is 0 Å². The first-order chi connectivity index (χ1) is 8.65. The number of carbonyl (C=O) groups excluding carboxylic acids is 1. The van der Waals surface area contributed by atoms with Gasteiger partial charge in [-0.2, -0.15) is 5.10 Å². The lowest BCUT2D eigenvalue weighted by Crippen LogP contribution is -2.28. The van der Waals surface area contributed by atoms with Crippen LogP contribution in [0.25, 0.3) is 0 Å². The molecule has 0 N–H and O–H groups in total. The van der Waals surface area contributed by atoms with Crippen LogP contribution in [0, 0.1) is 5.92 Å². The van der Waals surface area contributed by atoms with Crippen molar-refractivity contribution in [3.63, 3.8) is 0 Å². The molecule has 0 saturated carbocycles. The number of hydrogen-bond donors (Lipinski definition) is 0. The Morgan fingerprint density at radius 3 is 3.11 bits per heavy atom. The third-order valence-electron chi connectivity index (χ3n) is 3.18. The van der Waals surface area contributed by atoms with E-state index in [1.165, 1.54) is 6.20 Å². The van der Waals surface area contributed by atoms with E-state index in [-0.39, 0.29) is 11.7 Å². The largest absolute Gasteiger partial charge is 0.383 e. The van der Waals surface area contributed by atoms with Gasteiger partial charge in [-0.1, -0.05) is 18.5 Å². The molecule has 1 aliphatic heterocycles. The molecule has 1 aliphatic rings. The fraction of sp³-hybridized carbons (Fsp3) is 0.667. The highest BCUT2D eigenvalue weighted by Gasteiger charge is 2.34. The summed E-state index contributed by atoms with van der Waals surface area (Å²) in [5, 5.41) is 4.47. The summed E-state index contributed by atoms with van der Waals surface area (Å²) in [6.45, 7) is 3.63. The SMILES string of the molecule is COCCn1ncc(Cl)c1C(=O)C1OCCC1C. The number of rotatable bonds is 5. The number of carbonyl (C=O) groups is 1. The van der Waals surface area contributed by atoms with E-state index in [1.807, 2.05) is 6.92 Å². The quantitative estimate of drug-likeness (QED) is 0.767. The lowest BCUT2D eigenvalue weighted by atomic mass is 9.99. The molecule has 1 fully saturated rings. The highest BCUT2D eigenvalue weighted by atomic mass is 35.5. The molecule has 0 bridgehead atoms. The van der Waals surface area contributed by atoms with Crippen LogP contribution in [-0.4, -0.2) is 42.0 Å². The fourth-order valence-electron chi connectivity index (χ4n) is 2.12. The maximum Gasteiger partial charge on any atom is 0.211 e. The van der Waals surface area contributed by atoms with E-state index < -0.39 is 6.10 Å². The molecule has 0 amide bonds. The highest BCUT2D eigenvalue weighted by molar-refractivity contribution is 6.33. The van der Waals surface area contributed by atoms with Crippen molar-refractivity contribution in [3.8, 4) is 0 Å². The Labute approximate surface area is 111 Å². The number of halogens is 1. The van der Waals surface area contributed by atoms with E-state index in [0.717, 1.165) is 6.42 Å². The first-order valence-corrected chi connectivity index (χ1v) is 6.39. The topological polar surface area (TPSA) is 53.4 Å². The Hall–Kier alpha value is -0.910. The summed E-state index contributed by atoms with van der Waals surface area (Å²) in [5.74, 6) is 0.137. The van der Waals surface area contributed by atoms with Gasteiger partial charge in [-0.15, -0.1) is 0 Å². The van der Waals surface area contributed by atoms with Crippen LogP contribution in [0.1, 0.15) is 23.8 Å². The van der Waals surface area contributed by atoms with Crippen LogP contribution in [0.15, 0.2) is 6.20 Å². The molecular weight excluding hydrogens is 256 g/mol. The zero-order chi connectivity index (χ0) is 13.1. The molecule has 0 spiro atoms. The summed E-state index contributed by atoms with van der Waals surface area (Å²) >= 11 is 6.04. The minimum atomic E-state index is -0.402. The number of hydrogen-bond acceptors (Lipinski definition) is 4. The van der Waals surface area contributed by atoms with Gasteiger partial charge < -0.3 is 9.47 Å². The van der Waals surface area contributed by atoms with Crippen molar-refractivity contribution in [1.82, 2.24) is 9.78 Å². The maximum absolute atomic E-state index is 12.4. The standard InChI is InChI=1S/C12H17ClN2O3/c1-8-3-5-18-12(8)11(16)10-9(13)7-14-15(10)4-6-17-2/h7-8,12H,3-6H2,1-2H3. The van der Waals surface area contributed by atoms with Gasteiger partial charge in [0.05, 0.1) is 24.4 Å². The Morgan fingerprint density at radius 2 is 2.50 bits per heavy atom. The average Bonchev–Trinajstić information content (AvgIpc) is 2.92. The van der Waals surface area contributed by atoms with E-state index in [0.29, 0.717) is 30.5 Å². The first-order valence-electron chi connectivity index (χ1n) is 6.01. The summed E-state index contributed by atoms with van der Waals surface area (Å²) in [6.07, 6.45) is 1.99. The molecule has 5 nitrogen and oxygen atoms in total. The Kier molecular flexibility index (Phi) is 4.37. The molecule has 1 aromatic rings. The molecular formula is C12H17ClN2O3. The number of Topliss-reactive ketones (excluding diaryl/α,β-unsaturated/α-hetero) is 1. The van der Waals surface area contributed by atoms with Crippen molar-refractivity contribution in [2.75, 3.05) is 20.3 Å².